The molecular formula is C14H21BrN2O. The second kappa shape index (κ2) is 6.15. The molecule has 0 aromatic heterocycles. The highest BCUT2D eigenvalue weighted by Crippen LogP contribution is 2.20. The van der Waals surface area contributed by atoms with Crippen LogP contribution in [0, 0.1) is 0 Å². The van der Waals surface area contributed by atoms with E-state index >= 15 is 0 Å². The average Bonchev–Trinajstić information content (AvgIpc) is 2.35. The van der Waals surface area contributed by atoms with E-state index in [1.165, 1.54) is 5.56 Å². The number of hydrogen-bond donors (Lipinski definition) is 1. The van der Waals surface area contributed by atoms with E-state index in [-0.39, 0.29) is 12.1 Å². The molecule has 0 saturated carbocycles. The number of likely N-dealkylation sites (N-methyl/N-ethyl adjacent to an activating group) is 2. The molecule has 18 heavy (non-hydrogen) atoms. The molecule has 1 aromatic carbocycles. The lowest BCUT2D eigenvalue weighted by Crippen LogP contribution is -2.55. The molecule has 1 aromatic rings. The van der Waals surface area contributed by atoms with Crippen LogP contribution >= 0.6 is 15.9 Å². The Hall–Kier alpha value is -0.420. The quantitative estimate of drug-likeness (QED) is 0.918. The van der Waals surface area contributed by atoms with Crippen LogP contribution < -0.4 is 0 Å². The third-order valence-electron chi connectivity index (χ3n) is 3.73. The molecule has 2 atom stereocenters. The van der Waals surface area contributed by atoms with E-state index in [1.807, 2.05) is 18.2 Å². The van der Waals surface area contributed by atoms with Crippen LogP contribution in [0.4, 0.5) is 0 Å². The van der Waals surface area contributed by atoms with Gasteiger partial charge < -0.3 is 10.0 Å². The Morgan fingerprint density at radius 3 is 2.78 bits per heavy atom. The van der Waals surface area contributed by atoms with Crippen molar-refractivity contribution in [2.24, 2.45) is 0 Å². The Morgan fingerprint density at radius 1 is 1.33 bits per heavy atom. The van der Waals surface area contributed by atoms with Crippen molar-refractivity contribution < 1.29 is 5.11 Å². The number of rotatable bonds is 3. The fraction of sp³-hybridized carbons (Fsp3) is 0.571. The van der Waals surface area contributed by atoms with Gasteiger partial charge in [-0.25, -0.2) is 0 Å². The molecule has 1 aliphatic rings. The summed E-state index contributed by atoms with van der Waals surface area (Å²) >= 11 is 3.54. The third kappa shape index (κ3) is 3.32. The van der Waals surface area contributed by atoms with Crippen molar-refractivity contribution in [3.63, 3.8) is 0 Å². The number of aliphatic hydroxyl groups is 1. The molecule has 1 N–H and O–H groups in total. The first-order valence-corrected chi connectivity index (χ1v) is 7.17. The predicted octanol–water partition coefficient (Wildman–Crippen LogP) is 1.60. The number of halogens is 1. The fourth-order valence-corrected chi connectivity index (χ4v) is 2.93. The second-order valence-corrected chi connectivity index (χ2v) is 6.03. The minimum atomic E-state index is -0.323. The summed E-state index contributed by atoms with van der Waals surface area (Å²) in [5.41, 5.74) is 1.17. The lowest BCUT2D eigenvalue weighted by atomic mass is 9.99. The number of nitrogens with zero attached hydrogens (tertiary/aromatic N) is 2. The van der Waals surface area contributed by atoms with Gasteiger partial charge in [-0.1, -0.05) is 34.1 Å². The van der Waals surface area contributed by atoms with Crippen molar-refractivity contribution >= 4 is 15.9 Å². The Kier molecular flexibility index (Phi) is 4.78. The fourth-order valence-electron chi connectivity index (χ4n) is 2.48. The summed E-state index contributed by atoms with van der Waals surface area (Å²) in [6, 6.07) is 8.33. The third-order valence-corrected chi connectivity index (χ3v) is 4.50. The maximum Gasteiger partial charge on any atom is 0.0748 e. The van der Waals surface area contributed by atoms with Crippen LogP contribution in [0.2, 0.25) is 0 Å². The zero-order chi connectivity index (χ0) is 13.1. The van der Waals surface area contributed by atoms with Crippen molar-refractivity contribution in [3.8, 4) is 0 Å². The van der Waals surface area contributed by atoms with Crippen LogP contribution in [0.15, 0.2) is 28.7 Å². The molecule has 0 aliphatic carbocycles. The lowest BCUT2D eigenvalue weighted by Gasteiger charge is -2.40. The van der Waals surface area contributed by atoms with Crippen LogP contribution in [0.3, 0.4) is 0 Å². The number of hydrogen-bond acceptors (Lipinski definition) is 3. The molecule has 0 amide bonds. The van der Waals surface area contributed by atoms with Crippen LogP contribution in [-0.4, -0.2) is 60.8 Å². The van der Waals surface area contributed by atoms with E-state index in [0.29, 0.717) is 6.42 Å². The summed E-state index contributed by atoms with van der Waals surface area (Å²) in [4.78, 5) is 4.55. The van der Waals surface area contributed by atoms with Crippen molar-refractivity contribution in [1.82, 2.24) is 9.80 Å². The largest absolute Gasteiger partial charge is 0.391 e. The van der Waals surface area contributed by atoms with E-state index in [9.17, 15) is 5.11 Å². The van der Waals surface area contributed by atoms with Crippen LogP contribution in [0.1, 0.15) is 5.56 Å². The van der Waals surface area contributed by atoms with E-state index < -0.39 is 0 Å². The van der Waals surface area contributed by atoms with Gasteiger partial charge in [0.05, 0.1) is 6.10 Å². The molecule has 2 unspecified atom stereocenters. The van der Waals surface area contributed by atoms with E-state index in [2.05, 4.69) is 45.9 Å². The Balaban J connectivity index is 2.03. The maximum absolute atomic E-state index is 10.5. The number of piperazine rings is 1. The highest BCUT2D eigenvalue weighted by molar-refractivity contribution is 9.10. The Morgan fingerprint density at radius 2 is 2.06 bits per heavy atom. The summed E-state index contributed by atoms with van der Waals surface area (Å²) in [5.74, 6) is 0. The van der Waals surface area contributed by atoms with Crippen molar-refractivity contribution in [2.45, 2.75) is 18.6 Å². The smallest absolute Gasteiger partial charge is 0.0748 e. The molecule has 2 rings (SSSR count). The molecule has 1 fully saturated rings. The predicted molar refractivity (Wildman–Crippen MR) is 77.8 cm³/mol. The second-order valence-electron chi connectivity index (χ2n) is 5.17. The highest BCUT2D eigenvalue weighted by Gasteiger charge is 2.28. The maximum atomic E-state index is 10.5. The van der Waals surface area contributed by atoms with Crippen LogP contribution in [0.25, 0.3) is 0 Å². The van der Waals surface area contributed by atoms with Gasteiger partial charge in [0.1, 0.15) is 0 Å². The minimum Gasteiger partial charge on any atom is -0.391 e. The molecule has 4 heteroatoms. The summed E-state index contributed by atoms with van der Waals surface area (Å²) in [6.07, 6.45) is 0.376. The SMILES string of the molecule is CN1CCN(C)C(C(O)Cc2ccccc2Br)C1. The van der Waals surface area contributed by atoms with Crippen molar-refractivity contribution in [1.29, 1.82) is 0 Å². The topological polar surface area (TPSA) is 26.7 Å². The summed E-state index contributed by atoms with van der Waals surface area (Å²) in [5, 5.41) is 10.5. The van der Waals surface area contributed by atoms with Gasteiger partial charge in [-0.05, 0) is 25.7 Å². The van der Waals surface area contributed by atoms with Gasteiger partial charge in [0.25, 0.3) is 0 Å². The van der Waals surface area contributed by atoms with E-state index in [1.54, 1.807) is 0 Å². The Labute approximate surface area is 118 Å². The molecule has 1 aliphatic heterocycles. The van der Waals surface area contributed by atoms with Crippen molar-refractivity contribution in [2.75, 3.05) is 33.7 Å². The molecule has 3 nitrogen and oxygen atoms in total. The van der Waals surface area contributed by atoms with Gasteiger partial charge >= 0.3 is 0 Å². The molecule has 0 spiro atoms. The Bertz CT molecular complexity index is 399. The summed E-state index contributed by atoms with van der Waals surface area (Å²) in [7, 11) is 4.21. The average molecular weight is 313 g/mol. The molecule has 100 valence electrons. The van der Waals surface area contributed by atoms with Gasteiger partial charge in [-0.3, -0.25) is 4.90 Å². The van der Waals surface area contributed by atoms with E-state index in [0.717, 1.165) is 24.1 Å². The first kappa shape index (κ1) is 14.0. The first-order valence-electron chi connectivity index (χ1n) is 6.38. The van der Waals surface area contributed by atoms with Crippen LogP contribution in [-0.2, 0) is 6.42 Å². The summed E-state index contributed by atoms with van der Waals surface area (Å²) < 4.78 is 1.08. The lowest BCUT2D eigenvalue weighted by molar-refractivity contribution is 0.0152. The van der Waals surface area contributed by atoms with Gasteiger partial charge in [0.2, 0.25) is 0 Å². The molecule has 0 radical (unpaired) electrons. The molecular weight excluding hydrogens is 292 g/mol. The zero-order valence-corrected chi connectivity index (χ0v) is 12.6. The van der Waals surface area contributed by atoms with Crippen molar-refractivity contribution in [3.05, 3.63) is 34.3 Å². The zero-order valence-electron chi connectivity index (χ0n) is 11.0. The van der Waals surface area contributed by atoms with Crippen LogP contribution in [0.5, 0.6) is 0 Å². The molecule has 0 bridgehead atoms. The normalized spacial score (nSPS) is 24.1. The standard InChI is InChI=1S/C14H21BrN2O/c1-16-7-8-17(2)13(10-16)14(18)9-11-5-3-4-6-12(11)15/h3-6,13-14,18H,7-10H2,1-2H3. The molecule has 1 saturated heterocycles. The van der Waals surface area contributed by atoms with Gasteiger partial charge in [-0.2, -0.15) is 0 Å². The van der Waals surface area contributed by atoms with Gasteiger partial charge in [0.15, 0.2) is 0 Å². The first-order chi connectivity index (χ1) is 8.58. The number of aliphatic hydroxyl groups excluding tert-OH is 1. The number of benzene rings is 1. The summed E-state index contributed by atoms with van der Waals surface area (Å²) in [6.45, 7) is 3.03. The molecule has 1 heterocycles. The minimum absolute atomic E-state index is 0.218. The monoisotopic (exact) mass is 312 g/mol. The van der Waals surface area contributed by atoms with Gasteiger partial charge in [0, 0.05) is 36.6 Å². The van der Waals surface area contributed by atoms with Gasteiger partial charge in [-0.15, -0.1) is 0 Å². The van der Waals surface area contributed by atoms with E-state index in [4.69, 9.17) is 0 Å². The highest BCUT2D eigenvalue weighted by atomic mass is 79.9.